The van der Waals surface area contributed by atoms with Crippen LogP contribution in [0.5, 0.6) is 0 Å². The van der Waals surface area contributed by atoms with E-state index in [0.717, 1.165) is 28.9 Å². The van der Waals surface area contributed by atoms with E-state index in [-0.39, 0.29) is 11.2 Å². The number of carbonyl (C=O) groups excluding carboxylic acids is 1. The molecular formula is C18H19F2NOS. The molecule has 0 radical (unpaired) electrons. The van der Waals surface area contributed by atoms with Crippen LogP contribution in [0, 0.1) is 25.5 Å². The standard InChI is InChI=1S/C18H19F2NOS/c1-11-4-5-12(2)17(8-11)21-18(22)13(3)23-10-14-6-7-15(19)16(20)9-14/h4-9,13H,10H2,1-3H3,(H,21,22). The van der Waals surface area contributed by atoms with Gasteiger partial charge in [-0.1, -0.05) is 18.2 Å². The van der Waals surface area contributed by atoms with E-state index in [1.54, 1.807) is 6.92 Å². The van der Waals surface area contributed by atoms with Gasteiger partial charge in [-0.3, -0.25) is 4.79 Å². The molecule has 0 aliphatic rings. The number of halogens is 2. The lowest BCUT2D eigenvalue weighted by Crippen LogP contribution is -2.23. The van der Waals surface area contributed by atoms with E-state index < -0.39 is 11.6 Å². The lowest BCUT2D eigenvalue weighted by atomic mass is 10.1. The summed E-state index contributed by atoms with van der Waals surface area (Å²) in [4.78, 5) is 12.3. The Hall–Kier alpha value is -1.88. The molecule has 0 saturated carbocycles. The molecule has 2 rings (SSSR count). The highest BCUT2D eigenvalue weighted by Crippen LogP contribution is 2.22. The second-order valence-electron chi connectivity index (χ2n) is 5.51. The van der Waals surface area contributed by atoms with Crippen molar-refractivity contribution in [2.45, 2.75) is 31.8 Å². The number of nitrogens with one attached hydrogen (secondary N) is 1. The molecule has 5 heteroatoms. The van der Waals surface area contributed by atoms with Crippen molar-refractivity contribution in [2.24, 2.45) is 0 Å². The van der Waals surface area contributed by atoms with Gasteiger partial charge in [-0.15, -0.1) is 11.8 Å². The molecule has 1 N–H and O–H groups in total. The first-order valence-electron chi connectivity index (χ1n) is 7.30. The van der Waals surface area contributed by atoms with Crippen LogP contribution >= 0.6 is 11.8 Å². The molecule has 0 spiro atoms. The highest BCUT2D eigenvalue weighted by Gasteiger charge is 2.15. The maximum atomic E-state index is 13.2. The summed E-state index contributed by atoms with van der Waals surface area (Å²) in [6.45, 7) is 5.70. The highest BCUT2D eigenvalue weighted by molar-refractivity contribution is 7.99. The van der Waals surface area contributed by atoms with Crippen LogP contribution in [-0.2, 0) is 10.5 Å². The minimum atomic E-state index is -0.865. The molecule has 0 aliphatic heterocycles. The second-order valence-corrected chi connectivity index (χ2v) is 6.84. The first kappa shape index (κ1) is 17.5. The fourth-order valence-electron chi connectivity index (χ4n) is 2.03. The molecule has 0 bridgehead atoms. The zero-order valence-electron chi connectivity index (χ0n) is 13.3. The van der Waals surface area contributed by atoms with Gasteiger partial charge in [-0.25, -0.2) is 8.78 Å². The van der Waals surface area contributed by atoms with E-state index in [2.05, 4.69) is 5.32 Å². The van der Waals surface area contributed by atoms with E-state index in [1.165, 1.54) is 17.8 Å². The molecule has 0 fully saturated rings. The molecule has 2 nitrogen and oxygen atoms in total. The number of aryl methyl sites for hydroxylation is 2. The van der Waals surface area contributed by atoms with Crippen LogP contribution in [0.15, 0.2) is 36.4 Å². The Labute approximate surface area is 139 Å². The van der Waals surface area contributed by atoms with Crippen molar-refractivity contribution in [1.29, 1.82) is 0 Å². The van der Waals surface area contributed by atoms with Crippen LogP contribution in [0.2, 0.25) is 0 Å². The molecule has 23 heavy (non-hydrogen) atoms. The highest BCUT2D eigenvalue weighted by atomic mass is 32.2. The number of benzene rings is 2. The third kappa shape index (κ3) is 4.79. The zero-order chi connectivity index (χ0) is 17.0. The third-order valence-electron chi connectivity index (χ3n) is 3.50. The smallest absolute Gasteiger partial charge is 0.237 e. The number of carbonyl (C=O) groups is 1. The molecule has 0 aromatic heterocycles. The summed E-state index contributed by atoms with van der Waals surface area (Å²) in [6.07, 6.45) is 0. The first-order valence-corrected chi connectivity index (χ1v) is 8.35. The van der Waals surface area contributed by atoms with Crippen LogP contribution in [0.1, 0.15) is 23.6 Å². The Morgan fingerprint density at radius 1 is 1.13 bits per heavy atom. The van der Waals surface area contributed by atoms with Gasteiger partial charge in [0.05, 0.1) is 5.25 Å². The molecule has 1 unspecified atom stereocenters. The summed E-state index contributed by atoms with van der Waals surface area (Å²) in [6, 6.07) is 9.68. The van der Waals surface area contributed by atoms with Crippen LogP contribution in [0.3, 0.4) is 0 Å². The predicted octanol–water partition coefficient (Wildman–Crippen LogP) is 4.84. The molecular weight excluding hydrogens is 316 g/mol. The van der Waals surface area contributed by atoms with E-state index in [4.69, 9.17) is 0 Å². The SMILES string of the molecule is Cc1ccc(C)c(NC(=O)C(C)SCc2ccc(F)c(F)c2)c1. The molecule has 0 heterocycles. The number of thioether (sulfide) groups is 1. The number of hydrogen-bond acceptors (Lipinski definition) is 2. The zero-order valence-corrected chi connectivity index (χ0v) is 14.1. The van der Waals surface area contributed by atoms with Crippen LogP contribution in [0.4, 0.5) is 14.5 Å². The van der Waals surface area contributed by atoms with Crippen LogP contribution < -0.4 is 5.32 Å². The first-order chi connectivity index (χ1) is 10.9. The van der Waals surface area contributed by atoms with Crippen LogP contribution in [-0.4, -0.2) is 11.2 Å². The van der Waals surface area contributed by atoms with Gasteiger partial charge in [0.15, 0.2) is 11.6 Å². The van der Waals surface area contributed by atoms with Crippen molar-refractivity contribution in [1.82, 2.24) is 0 Å². The minimum Gasteiger partial charge on any atom is -0.325 e. The van der Waals surface area contributed by atoms with Gasteiger partial charge in [0.25, 0.3) is 0 Å². The molecule has 1 amide bonds. The van der Waals surface area contributed by atoms with Crippen molar-refractivity contribution >= 4 is 23.4 Å². The average molecular weight is 335 g/mol. The van der Waals surface area contributed by atoms with Gasteiger partial charge in [0, 0.05) is 11.4 Å². The van der Waals surface area contributed by atoms with Crippen molar-refractivity contribution in [3.05, 3.63) is 64.7 Å². The predicted molar refractivity (Wildman–Crippen MR) is 91.7 cm³/mol. The van der Waals surface area contributed by atoms with Crippen molar-refractivity contribution < 1.29 is 13.6 Å². The fourth-order valence-corrected chi connectivity index (χ4v) is 2.86. The summed E-state index contributed by atoms with van der Waals surface area (Å²) in [5.74, 6) is -1.39. The largest absolute Gasteiger partial charge is 0.325 e. The molecule has 122 valence electrons. The second kappa shape index (κ2) is 7.59. The maximum absolute atomic E-state index is 13.2. The van der Waals surface area contributed by atoms with Crippen molar-refractivity contribution in [3.63, 3.8) is 0 Å². The Bertz CT molecular complexity index is 718. The van der Waals surface area contributed by atoms with Gasteiger partial charge in [-0.2, -0.15) is 0 Å². The summed E-state index contributed by atoms with van der Waals surface area (Å²) in [5.41, 5.74) is 3.53. The average Bonchev–Trinajstić information content (AvgIpc) is 2.51. The summed E-state index contributed by atoms with van der Waals surface area (Å²) < 4.78 is 26.1. The lowest BCUT2D eigenvalue weighted by molar-refractivity contribution is -0.115. The number of rotatable bonds is 5. The molecule has 1 atom stereocenters. The number of anilines is 1. The Balaban J connectivity index is 1.94. The minimum absolute atomic E-state index is 0.105. The van der Waals surface area contributed by atoms with E-state index in [1.807, 2.05) is 32.0 Å². The monoisotopic (exact) mass is 335 g/mol. The topological polar surface area (TPSA) is 29.1 Å². The van der Waals surface area contributed by atoms with E-state index in [0.29, 0.717) is 11.3 Å². The maximum Gasteiger partial charge on any atom is 0.237 e. The Morgan fingerprint density at radius 2 is 1.87 bits per heavy atom. The summed E-state index contributed by atoms with van der Waals surface area (Å²) >= 11 is 1.38. The third-order valence-corrected chi connectivity index (χ3v) is 4.72. The molecule has 0 aliphatic carbocycles. The normalized spacial score (nSPS) is 12.0. The number of hydrogen-bond donors (Lipinski definition) is 1. The Kier molecular flexibility index (Phi) is 5.77. The molecule has 2 aromatic rings. The van der Waals surface area contributed by atoms with Crippen molar-refractivity contribution in [2.75, 3.05) is 5.32 Å². The van der Waals surface area contributed by atoms with Gasteiger partial charge < -0.3 is 5.32 Å². The van der Waals surface area contributed by atoms with E-state index in [9.17, 15) is 13.6 Å². The van der Waals surface area contributed by atoms with Gasteiger partial charge >= 0.3 is 0 Å². The molecule has 2 aromatic carbocycles. The summed E-state index contributed by atoms with van der Waals surface area (Å²) in [5, 5.41) is 2.61. The fraction of sp³-hybridized carbons (Fsp3) is 0.278. The molecule has 0 saturated heterocycles. The van der Waals surface area contributed by atoms with Gasteiger partial charge in [0.1, 0.15) is 0 Å². The lowest BCUT2D eigenvalue weighted by Gasteiger charge is -2.14. The Morgan fingerprint density at radius 3 is 2.57 bits per heavy atom. The number of amides is 1. The van der Waals surface area contributed by atoms with Gasteiger partial charge in [0.2, 0.25) is 5.91 Å². The summed E-state index contributed by atoms with van der Waals surface area (Å²) in [7, 11) is 0. The van der Waals surface area contributed by atoms with Crippen molar-refractivity contribution in [3.8, 4) is 0 Å². The quantitative estimate of drug-likeness (QED) is 0.847. The van der Waals surface area contributed by atoms with Crippen LogP contribution in [0.25, 0.3) is 0 Å². The van der Waals surface area contributed by atoms with E-state index >= 15 is 0 Å². The van der Waals surface area contributed by atoms with Gasteiger partial charge in [-0.05, 0) is 55.7 Å².